The molecule has 1 unspecified atom stereocenters. The van der Waals surface area contributed by atoms with Crippen LogP contribution in [0.5, 0.6) is 0 Å². The summed E-state index contributed by atoms with van der Waals surface area (Å²) in [5.74, 6) is 1.34. The number of ether oxygens (including phenoxy) is 1. The summed E-state index contributed by atoms with van der Waals surface area (Å²) < 4.78 is 18.5. The molecule has 3 rings (SSSR count). The number of guanidine groups is 1. The molecule has 6 nitrogen and oxygen atoms in total. The molecule has 1 aromatic rings. The summed E-state index contributed by atoms with van der Waals surface area (Å²) in [4.78, 5) is 11.5. The number of aliphatic imine (C=N–C) groups is 1. The van der Waals surface area contributed by atoms with E-state index in [1.165, 1.54) is 12.1 Å². The van der Waals surface area contributed by atoms with Gasteiger partial charge < -0.3 is 19.9 Å². The topological polar surface area (TPSA) is 43.3 Å². The monoisotopic (exact) mass is 505 g/mol. The number of hydrogen-bond acceptors (Lipinski definition) is 4. The van der Waals surface area contributed by atoms with Crippen molar-refractivity contribution in [2.75, 3.05) is 77.5 Å². The predicted octanol–water partition coefficient (Wildman–Crippen LogP) is 2.11. The minimum atomic E-state index is -0.187. The van der Waals surface area contributed by atoms with Gasteiger partial charge in [-0.25, -0.2) is 4.39 Å². The molecular formula is C20H33FIN5O. The van der Waals surface area contributed by atoms with Gasteiger partial charge in [-0.15, -0.1) is 24.0 Å². The Hall–Kier alpha value is -1.13. The lowest BCUT2D eigenvalue weighted by Gasteiger charge is -2.38. The fourth-order valence-corrected chi connectivity index (χ4v) is 3.72. The van der Waals surface area contributed by atoms with Crippen molar-refractivity contribution in [2.24, 2.45) is 10.9 Å². The van der Waals surface area contributed by atoms with E-state index in [1.54, 1.807) is 0 Å². The molecule has 158 valence electrons. The summed E-state index contributed by atoms with van der Waals surface area (Å²) in [5.41, 5.74) is 1.08. The Morgan fingerprint density at radius 3 is 2.36 bits per heavy atom. The lowest BCUT2D eigenvalue weighted by Crippen LogP contribution is -2.53. The van der Waals surface area contributed by atoms with Gasteiger partial charge in [-0.1, -0.05) is 6.92 Å². The number of rotatable bonds is 5. The van der Waals surface area contributed by atoms with Crippen LogP contribution >= 0.6 is 24.0 Å². The molecule has 0 radical (unpaired) electrons. The van der Waals surface area contributed by atoms with Gasteiger partial charge in [0.1, 0.15) is 5.82 Å². The summed E-state index contributed by atoms with van der Waals surface area (Å²) >= 11 is 0. The van der Waals surface area contributed by atoms with Crippen LogP contribution in [0.4, 0.5) is 10.1 Å². The third kappa shape index (κ3) is 6.73. The Balaban J connectivity index is 0.00000280. The van der Waals surface area contributed by atoms with Crippen molar-refractivity contribution in [3.63, 3.8) is 0 Å². The van der Waals surface area contributed by atoms with E-state index in [2.05, 4.69) is 31.9 Å². The molecule has 1 aromatic carbocycles. The molecule has 0 aliphatic carbocycles. The first kappa shape index (κ1) is 23.2. The summed E-state index contributed by atoms with van der Waals surface area (Å²) in [6.45, 7) is 11.7. The van der Waals surface area contributed by atoms with Gasteiger partial charge in [0.15, 0.2) is 5.96 Å². The van der Waals surface area contributed by atoms with Crippen LogP contribution in [0.15, 0.2) is 29.3 Å². The van der Waals surface area contributed by atoms with E-state index in [9.17, 15) is 4.39 Å². The molecule has 0 spiro atoms. The first-order valence-corrected chi connectivity index (χ1v) is 9.92. The zero-order valence-corrected chi connectivity index (χ0v) is 19.3. The predicted molar refractivity (Wildman–Crippen MR) is 123 cm³/mol. The highest BCUT2D eigenvalue weighted by Gasteiger charge is 2.20. The fraction of sp³-hybridized carbons (Fsp3) is 0.650. The number of anilines is 1. The number of benzene rings is 1. The molecule has 2 aliphatic rings. The lowest BCUT2D eigenvalue weighted by molar-refractivity contribution is 0.0320. The smallest absolute Gasteiger partial charge is 0.193 e. The Morgan fingerprint density at radius 2 is 1.75 bits per heavy atom. The fourth-order valence-electron chi connectivity index (χ4n) is 3.72. The highest BCUT2D eigenvalue weighted by Crippen LogP contribution is 2.17. The third-order valence-electron chi connectivity index (χ3n) is 5.26. The van der Waals surface area contributed by atoms with Crippen molar-refractivity contribution < 1.29 is 9.13 Å². The molecule has 0 aromatic heterocycles. The lowest BCUT2D eigenvalue weighted by atomic mass is 10.1. The van der Waals surface area contributed by atoms with E-state index in [0.717, 1.165) is 77.2 Å². The maximum absolute atomic E-state index is 13.1. The highest BCUT2D eigenvalue weighted by molar-refractivity contribution is 14.0. The van der Waals surface area contributed by atoms with E-state index in [-0.39, 0.29) is 29.8 Å². The van der Waals surface area contributed by atoms with Crippen molar-refractivity contribution >= 4 is 35.6 Å². The van der Waals surface area contributed by atoms with Crippen molar-refractivity contribution in [3.8, 4) is 0 Å². The summed E-state index contributed by atoms with van der Waals surface area (Å²) in [7, 11) is 1.85. The van der Waals surface area contributed by atoms with Gasteiger partial charge in [0.25, 0.3) is 0 Å². The molecule has 2 fully saturated rings. The number of hydrogen-bond donors (Lipinski definition) is 1. The molecule has 2 aliphatic heterocycles. The van der Waals surface area contributed by atoms with E-state index in [0.29, 0.717) is 5.92 Å². The SMILES string of the molecule is CN=C(NCC(C)CN1CCOCC1)N1CCN(c2ccc(F)cc2)CC1.I. The van der Waals surface area contributed by atoms with E-state index < -0.39 is 0 Å². The number of piperazine rings is 1. The maximum Gasteiger partial charge on any atom is 0.193 e. The minimum absolute atomic E-state index is 0. The Morgan fingerprint density at radius 1 is 1.11 bits per heavy atom. The summed E-state index contributed by atoms with van der Waals surface area (Å²) in [6, 6.07) is 6.76. The van der Waals surface area contributed by atoms with Crippen LogP contribution in [0.1, 0.15) is 6.92 Å². The van der Waals surface area contributed by atoms with E-state index >= 15 is 0 Å². The third-order valence-corrected chi connectivity index (χ3v) is 5.26. The normalized spacial score (nSPS) is 19.9. The van der Waals surface area contributed by atoms with Crippen LogP contribution in [0.25, 0.3) is 0 Å². The number of halogens is 2. The van der Waals surface area contributed by atoms with Crippen molar-refractivity contribution in [3.05, 3.63) is 30.1 Å². The molecule has 0 saturated carbocycles. The van der Waals surface area contributed by atoms with Gasteiger partial charge in [-0.2, -0.15) is 0 Å². The molecule has 8 heteroatoms. The zero-order valence-electron chi connectivity index (χ0n) is 16.9. The van der Waals surface area contributed by atoms with Gasteiger partial charge >= 0.3 is 0 Å². The van der Waals surface area contributed by atoms with Crippen LogP contribution in [-0.2, 0) is 4.74 Å². The Labute approximate surface area is 185 Å². The summed E-state index contributed by atoms with van der Waals surface area (Å²) in [5, 5.41) is 3.54. The standard InChI is InChI=1S/C20H32FN5O.HI/c1-17(16-24-11-13-27-14-12-24)15-23-20(22-2)26-9-7-25(8-10-26)19-5-3-18(21)4-6-19;/h3-6,17H,7-16H2,1-2H3,(H,22,23);1H. The van der Waals surface area contributed by atoms with Crippen molar-refractivity contribution in [2.45, 2.75) is 6.92 Å². The number of morpholine rings is 1. The average molecular weight is 505 g/mol. The van der Waals surface area contributed by atoms with Crippen molar-refractivity contribution in [1.29, 1.82) is 0 Å². The Kier molecular flexibility index (Phi) is 9.73. The van der Waals surface area contributed by atoms with Crippen LogP contribution in [-0.4, -0.2) is 88.4 Å². The molecule has 1 N–H and O–H groups in total. The van der Waals surface area contributed by atoms with Crippen LogP contribution in [0.2, 0.25) is 0 Å². The van der Waals surface area contributed by atoms with Crippen LogP contribution < -0.4 is 10.2 Å². The van der Waals surface area contributed by atoms with Crippen LogP contribution in [0.3, 0.4) is 0 Å². The number of nitrogens with one attached hydrogen (secondary N) is 1. The maximum atomic E-state index is 13.1. The molecule has 2 heterocycles. The zero-order chi connectivity index (χ0) is 19.1. The quantitative estimate of drug-likeness (QED) is 0.378. The second kappa shape index (κ2) is 11.8. The van der Waals surface area contributed by atoms with E-state index in [1.807, 2.05) is 19.2 Å². The Bertz CT molecular complexity index is 601. The molecule has 28 heavy (non-hydrogen) atoms. The molecule has 0 bridgehead atoms. The second-order valence-electron chi connectivity index (χ2n) is 7.40. The largest absolute Gasteiger partial charge is 0.379 e. The molecule has 0 amide bonds. The van der Waals surface area contributed by atoms with E-state index in [4.69, 9.17) is 4.74 Å². The van der Waals surface area contributed by atoms with Gasteiger partial charge in [-0.05, 0) is 30.2 Å². The van der Waals surface area contributed by atoms with Gasteiger partial charge in [0.05, 0.1) is 13.2 Å². The minimum Gasteiger partial charge on any atom is -0.379 e. The number of nitrogens with zero attached hydrogens (tertiary/aromatic N) is 4. The van der Waals surface area contributed by atoms with Crippen LogP contribution in [0, 0.1) is 11.7 Å². The molecular weight excluding hydrogens is 472 g/mol. The highest BCUT2D eigenvalue weighted by atomic mass is 127. The second-order valence-corrected chi connectivity index (χ2v) is 7.40. The average Bonchev–Trinajstić information content (AvgIpc) is 2.70. The first-order valence-electron chi connectivity index (χ1n) is 9.92. The summed E-state index contributed by atoms with van der Waals surface area (Å²) in [6.07, 6.45) is 0. The van der Waals surface area contributed by atoms with Gasteiger partial charge in [-0.3, -0.25) is 9.89 Å². The first-order chi connectivity index (χ1) is 13.2. The molecule has 1 atom stereocenters. The van der Waals surface area contributed by atoms with Gasteiger partial charge in [0, 0.05) is 65.1 Å². The van der Waals surface area contributed by atoms with Gasteiger partial charge in [0.2, 0.25) is 0 Å². The van der Waals surface area contributed by atoms with Crippen molar-refractivity contribution in [1.82, 2.24) is 15.1 Å². The molecule has 2 saturated heterocycles.